The predicted molar refractivity (Wildman–Crippen MR) is 81.9 cm³/mol. The van der Waals surface area contributed by atoms with Gasteiger partial charge in [0.1, 0.15) is 5.15 Å². The number of nitrogens with one attached hydrogen (secondary N) is 1. The first-order valence-corrected chi connectivity index (χ1v) is 6.97. The summed E-state index contributed by atoms with van der Waals surface area (Å²) in [5.41, 5.74) is 0.836. The summed E-state index contributed by atoms with van der Waals surface area (Å²) in [4.78, 5) is 27.8. The first-order chi connectivity index (χ1) is 10.6. The number of pyridine rings is 2. The van der Waals surface area contributed by atoms with Gasteiger partial charge in [-0.3, -0.25) is 9.20 Å². The van der Waals surface area contributed by atoms with Crippen molar-refractivity contribution < 1.29 is 4.79 Å². The second-order valence-electron chi connectivity index (χ2n) is 4.60. The van der Waals surface area contributed by atoms with E-state index in [1.165, 1.54) is 15.3 Å². The molecular formula is C14H12ClN5O2. The quantitative estimate of drug-likeness (QED) is 0.741. The van der Waals surface area contributed by atoms with Crippen LogP contribution >= 0.6 is 11.6 Å². The lowest BCUT2D eigenvalue weighted by molar-refractivity contribution is -0.116. The van der Waals surface area contributed by atoms with E-state index in [0.29, 0.717) is 16.5 Å². The van der Waals surface area contributed by atoms with Gasteiger partial charge in [0.15, 0.2) is 5.65 Å². The topological polar surface area (TPSA) is 81.3 Å². The number of amides is 1. The molecule has 0 aliphatic rings. The number of hydrogen-bond acceptors (Lipinski definition) is 4. The second-order valence-corrected chi connectivity index (χ2v) is 4.99. The molecule has 0 aromatic carbocycles. The van der Waals surface area contributed by atoms with Crippen LogP contribution in [-0.2, 0) is 11.3 Å². The Bertz CT molecular complexity index is 869. The van der Waals surface area contributed by atoms with E-state index in [9.17, 15) is 9.59 Å². The average Bonchev–Trinajstić information content (AvgIpc) is 2.84. The number of carbonyl (C=O) groups is 1. The molecule has 0 aliphatic carbocycles. The van der Waals surface area contributed by atoms with E-state index < -0.39 is 0 Å². The Kier molecular flexibility index (Phi) is 3.88. The van der Waals surface area contributed by atoms with E-state index in [-0.39, 0.29) is 24.6 Å². The number of hydrogen-bond donors (Lipinski definition) is 1. The van der Waals surface area contributed by atoms with Gasteiger partial charge in [0.25, 0.3) is 0 Å². The number of nitrogens with zero attached hydrogens (tertiary/aromatic N) is 4. The molecule has 3 aromatic heterocycles. The van der Waals surface area contributed by atoms with Crippen molar-refractivity contribution in [2.24, 2.45) is 0 Å². The predicted octanol–water partition coefficient (Wildman–Crippen LogP) is 1.57. The van der Waals surface area contributed by atoms with E-state index in [4.69, 9.17) is 11.6 Å². The molecule has 112 valence electrons. The Hall–Kier alpha value is -2.67. The lowest BCUT2D eigenvalue weighted by Crippen LogP contribution is -2.24. The van der Waals surface area contributed by atoms with E-state index in [1.54, 1.807) is 36.5 Å². The minimum absolute atomic E-state index is 0.131. The Morgan fingerprint density at radius 2 is 2.14 bits per heavy atom. The molecule has 3 aromatic rings. The summed E-state index contributed by atoms with van der Waals surface area (Å²) in [6, 6.07) is 8.53. The highest BCUT2D eigenvalue weighted by atomic mass is 35.5. The summed E-state index contributed by atoms with van der Waals surface area (Å²) < 4.78 is 2.70. The van der Waals surface area contributed by atoms with Crippen LogP contribution in [0, 0.1) is 0 Å². The molecule has 0 radical (unpaired) electrons. The summed E-state index contributed by atoms with van der Waals surface area (Å²) >= 11 is 5.67. The maximum Gasteiger partial charge on any atom is 0.350 e. The molecule has 7 nitrogen and oxygen atoms in total. The normalized spacial score (nSPS) is 10.8. The summed E-state index contributed by atoms with van der Waals surface area (Å²) in [5.74, 6) is -0.229. The standard InChI is InChI=1S/C14H12ClN5O2/c15-11-5-4-10(9-16-11)17-13(21)6-8-20-14(22)19-7-2-1-3-12(19)18-20/h1-5,7,9H,6,8H2,(H,17,21). The first kappa shape index (κ1) is 14.3. The van der Waals surface area contributed by atoms with Crippen LogP contribution in [0.25, 0.3) is 5.65 Å². The fraction of sp³-hybridized carbons (Fsp3) is 0.143. The first-order valence-electron chi connectivity index (χ1n) is 6.59. The highest BCUT2D eigenvalue weighted by Gasteiger charge is 2.08. The summed E-state index contributed by atoms with van der Waals surface area (Å²) in [6.45, 7) is 0.202. The molecule has 0 unspecified atom stereocenters. The highest BCUT2D eigenvalue weighted by molar-refractivity contribution is 6.29. The maximum absolute atomic E-state index is 12.0. The Balaban J connectivity index is 1.66. The molecule has 1 N–H and O–H groups in total. The summed E-state index contributed by atoms with van der Waals surface area (Å²) in [7, 11) is 0. The number of fused-ring (bicyclic) bond motifs is 1. The number of anilines is 1. The molecule has 0 saturated carbocycles. The van der Waals surface area contributed by atoms with Gasteiger partial charge in [-0.05, 0) is 24.3 Å². The molecule has 1 amide bonds. The molecule has 0 aliphatic heterocycles. The molecule has 22 heavy (non-hydrogen) atoms. The highest BCUT2D eigenvalue weighted by Crippen LogP contribution is 2.09. The Morgan fingerprint density at radius 3 is 2.86 bits per heavy atom. The average molecular weight is 318 g/mol. The summed E-state index contributed by atoms with van der Waals surface area (Å²) in [6.07, 6.45) is 3.24. The largest absolute Gasteiger partial charge is 0.350 e. The van der Waals surface area contributed by atoms with Crippen molar-refractivity contribution in [2.45, 2.75) is 13.0 Å². The molecule has 0 spiro atoms. The van der Waals surface area contributed by atoms with Gasteiger partial charge >= 0.3 is 5.69 Å². The van der Waals surface area contributed by atoms with Crippen molar-refractivity contribution in [1.29, 1.82) is 0 Å². The van der Waals surface area contributed by atoms with Crippen LogP contribution in [-0.4, -0.2) is 25.1 Å². The van der Waals surface area contributed by atoms with Crippen molar-refractivity contribution in [1.82, 2.24) is 19.2 Å². The van der Waals surface area contributed by atoms with Gasteiger partial charge in [0.2, 0.25) is 5.91 Å². The van der Waals surface area contributed by atoms with Crippen LogP contribution in [0.15, 0.2) is 47.5 Å². The zero-order valence-corrected chi connectivity index (χ0v) is 12.2. The number of aromatic nitrogens is 4. The lowest BCUT2D eigenvalue weighted by Gasteiger charge is -2.04. The number of rotatable bonds is 4. The van der Waals surface area contributed by atoms with Gasteiger partial charge in [-0.1, -0.05) is 17.7 Å². The van der Waals surface area contributed by atoms with E-state index >= 15 is 0 Å². The van der Waals surface area contributed by atoms with Gasteiger partial charge in [-0.25, -0.2) is 14.5 Å². The second kappa shape index (κ2) is 5.98. The number of carbonyl (C=O) groups excluding carboxylic acids is 1. The third-order valence-electron chi connectivity index (χ3n) is 3.05. The van der Waals surface area contributed by atoms with Crippen LogP contribution < -0.4 is 11.0 Å². The fourth-order valence-corrected chi connectivity index (χ4v) is 2.11. The van der Waals surface area contributed by atoms with Crippen molar-refractivity contribution >= 4 is 28.8 Å². The van der Waals surface area contributed by atoms with Crippen LogP contribution in [0.5, 0.6) is 0 Å². The van der Waals surface area contributed by atoms with Gasteiger partial charge in [-0.2, -0.15) is 0 Å². The van der Waals surface area contributed by atoms with E-state index in [1.807, 2.05) is 0 Å². The number of aryl methyl sites for hydroxylation is 1. The Labute approximate surface area is 130 Å². The van der Waals surface area contributed by atoms with Crippen molar-refractivity contribution in [3.8, 4) is 0 Å². The van der Waals surface area contributed by atoms with Crippen molar-refractivity contribution in [3.63, 3.8) is 0 Å². The molecule has 0 bridgehead atoms. The molecule has 8 heteroatoms. The van der Waals surface area contributed by atoms with Crippen LogP contribution in [0.2, 0.25) is 5.15 Å². The molecule has 0 atom stereocenters. The van der Waals surface area contributed by atoms with Crippen molar-refractivity contribution in [2.75, 3.05) is 5.32 Å². The molecule has 0 saturated heterocycles. The van der Waals surface area contributed by atoms with Gasteiger partial charge in [-0.15, -0.1) is 5.10 Å². The molecule has 0 fully saturated rings. The number of halogens is 1. The van der Waals surface area contributed by atoms with Crippen LogP contribution in [0.4, 0.5) is 5.69 Å². The Morgan fingerprint density at radius 1 is 1.27 bits per heavy atom. The SMILES string of the molecule is O=C(CCn1nc2ccccn2c1=O)Nc1ccc(Cl)nc1. The van der Waals surface area contributed by atoms with Gasteiger partial charge in [0.05, 0.1) is 18.4 Å². The monoisotopic (exact) mass is 317 g/mol. The summed E-state index contributed by atoms with van der Waals surface area (Å²) in [5, 5.41) is 7.20. The van der Waals surface area contributed by atoms with Crippen LogP contribution in [0.1, 0.15) is 6.42 Å². The minimum Gasteiger partial charge on any atom is -0.325 e. The van der Waals surface area contributed by atoms with Gasteiger partial charge in [0, 0.05) is 12.6 Å². The van der Waals surface area contributed by atoms with Crippen molar-refractivity contribution in [3.05, 3.63) is 58.4 Å². The molecule has 3 rings (SSSR count). The lowest BCUT2D eigenvalue weighted by atomic mass is 10.3. The maximum atomic E-state index is 12.0. The van der Waals surface area contributed by atoms with E-state index in [2.05, 4.69) is 15.4 Å². The smallest absolute Gasteiger partial charge is 0.325 e. The fourth-order valence-electron chi connectivity index (χ4n) is 1.99. The minimum atomic E-state index is -0.267. The molecular weight excluding hydrogens is 306 g/mol. The molecule has 3 heterocycles. The zero-order valence-electron chi connectivity index (χ0n) is 11.4. The van der Waals surface area contributed by atoms with Crippen LogP contribution in [0.3, 0.4) is 0 Å². The third-order valence-corrected chi connectivity index (χ3v) is 3.27. The zero-order chi connectivity index (χ0) is 15.5. The van der Waals surface area contributed by atoms with Gasteiger partial charge < -0.3 is 5.32 Å². The third kappa shape index (κ3) is 2.99. The van der Waals surface area contributed by atoms with E-state index in [0.717, 1.165) is 0 Å².